The molecule has 0 saturated heterocycles. The maximum Gasteiger partial charge on any atom is 0.417 e. The summed E-state index contributed by atoms with van der Waals surface area (Å²) in [6.07, 6.45) is -0.373. The van der Waals surface area contributed by atoms with Crippen molar-refractivity contribution in [2.45, 2.75) is 19.0 Å². The van der Waals surface area contributed by atoms with Crippen LogP contribution in [0.3, 0.4) is 0 Å². The van der Waals surface area contributed by atoms with Crippen LogP contribution in [-0.2, 0) is 22.5 Å². The lowest BCUT2D eigenvalue weighted by atomic mass is 10.0. The first kappa shape index (κ1) is 22.4. The van der Waals surface area contributed by atoms with Gasteiger partial charge in [-0.2, -0.15) is 0 Å². The predicted octanol–water partition coefficient (Wildman–Crippen LogP) is 4.69. The van der Waals surface area contributed by atoms with E-state index < -0.39 is 18.1 Å². The standard InChI is InChI=1S/C25H21ClN2O5/c1-32-24(30)22(28-15-17-4-2-3-5-21(17)23(28)29)14-16-6-12-20(13-7-16)33-25(31)27-19-10-8-18(26)9-11-19/h2-13,22H,14-15H2,1H3,(H,27,31). The Hall–Kier alpha value is -3.84. The summed E-state index contributed by atoms with van der Waals surface area (Å²) in [4.78, 5) is 39.0. The normalized spacial score (nSPS) is 13.3. The van der Waals surface area contributed by atoms with E-state index in [1.165, 1.54) is 12.0 Å². The number of hydrogen-bond acceptors (Lipinski definition) is 5. The van der Waals surface area contributed by atoms with E-state index in [-0.39, 0.29) is 12.3 Å². The maximum atomic E-state index is 12.8. The zero-order valence-electron chi connectivity index (χ0n) is 17.8. The molecule has 33 heavy (non-hydrogen) atoms. The molecule has 0 aliphatic carbocycles. The second-order valence-electron chi connectivity index (χ2n) is 7.50. The van der Waals surface area contributed by atoms with E-state index in [9.17, 15) is 14.4 Å². The van der Waals surface area contributed by atoms with E-state index in [2.05, 4.69) is 5.32 Å². The molecule has 7 nitrogen and oxygen atoms in total. The molecule has 3 aromatic rings. The fraction of sp³-hybridized carbons (Fsp3) is 0.160. The number of anilines is 1. The van der Waals surface area contributed by atoms with Gasteiger partial charge in [0.1, 0.15) is 11.8 Å². The number of fused-ring (bicyclic) bond motifs is 1. The number of nitrogens with one attached hydrogen (secondary N) is 1. The highest BCUT2D eigenvalue weighted by molar-refractivity contribution is 6.30. The zero-order valence-corrected chi connectivity index (χ0v) is 18.5. The number of benzene rings is 3. The molecule has 0 bridgehead atoms. The van der Waals surface area contributed by atoms with Gasteiger partial charge in [0, 0.05) is 29.2 Å². The van der Waals surface area contributed by atoms with Crippen LogP contribution in [-0.4, -0.2) is 36.0 Å². The molecular formula is C25H21ClN2O5. The van der Waals surface area contributed by atoms with Crippen molar-refractivity contribution in [3.8, 4) is 5.75 Å². The topological polar surface area (TPSA) is 84.9 Å². The summed E-state index contributed by atoms with van der Waals surface area (Å²) in [5.41, 5.74) is 2.83. The van der Waals surface area contributed by atoms with Crippen LogP contribution in [0.2, 0.25) is 5.02 Å². The smallest absolute Gasteiger partial charge is 0.417 e. The molecule has 1 atom stereocenters. The number of nitrogens with zero attached hydrogens (tertiary/aromatic N) is 1. The van der Waals surface area contributed by atoms with Crippen molar-refractivity contribution < 1.29 is 23.9 Å². The highest BCUT2D eigenvalue weighted by Gasteiger charge is 2.36. The van der Waals surface area contributed by atoms with E-state index in [0.717, 1.165) is 11.1 Å². The number of carbonyl (C=O) groups excluding carboxylic acids is 3. The molecule has 0 saturated carbocycles. The number of rotatable bonds is 6. The van der Waals surface area contributed by atoms with Crippen molar-refractivity contribution in [2.24, 2.45) is 0 Å². The SMILES string of the molecule is COC(=O)C(Cc1ccc(OC(=O)Nc2ccc(Cl)cc2)cc1)N1Cc2ccccc2C1=O. The number of esters is 1. The molecule has 0 radical (unpaired) electrons. The Bertz CT molecular complexity index is 1180. The van der Waals surface area contributed by atoms with Crippen molar-refractivity contribution in [3.63, 3.8) is 0 Å². The van der Waals surface area contributed by atoms with Crippen molar-refractivity contribution in [3.05, 3.63) is 94.5 Å². The van der Waals surface area contributed by atoms with Gasteiger partial charge in [0.25, 0.3) is 5.91 Å². The van der Waals surface area contributed by atoms with Crippen LogP contribution in [0, 0.1) is 0 Å². The van der Waals surface area contributed by atoms with Crippen LogP contribution >= 0.6 is 11.6 Å². The largest absolute Gasteiger partial charge is 0.467 e. The van der Waals surface area contributed by atoms with Gasteiger partial charge in [-0.3, -0.25) is 10.1 Å². The number of amides is 2. The lowest BCUT2D eigenvalue weighted by Crippen LogP contribution is -2.43. The lowest BCUT2D eigenvalue weighted by molar-refractivity contribution is -0.146. The summed E-state index contributed by atoms with van der Waals surface area (Å²) in [7, 11) is 1.30. The van der Waals surface area contributed by atoms with Gasteiger partial charge in [0.05, 0.1) is 7.11 Å². The van der Waals surface area contributed by atoms with E-state index in [1.54, 1.807) is 60.7 Å². The Labute approximate surface area is 195 Å². The van der Waals surface area contributed by atoms with Gasteiger partial charge in [-0.25, -0.2) is 9.59 Å². The molecule has 1 aliphatic heterocycles. The minimum atomic E-state index is -0.769. The molecule has 0 spiro atoms. The molecular weight excluding hydrogens is 444 g/mol. The van der Waals surface area contributed by atoms with Crippen LogP contribution < -0.4 is 10.1 Å². The number of halogens is 1. The average Bonchev–Trinajstić information content (AvgIpc) is 3.16. The molecule has 2 amide bonds. The highest BCUT2D eigenvalue weighted by atomic mass is 35.5. The third-order valence-corrected chi connectivity index (χ3v) is 5.60. The average molecular weight is 465 g/mol. The van der Waals surface area contributed by atoms with Crippen LogP contribution in [0.4, 0.5) is 10.5 Å². The fourth-order valence-electron chi connectivity index (χ4n) is 3.69. The van der Waals surface area contributed by atoms with Gasteiger partial charge >= 0.3 is 12.1 Å². The summed E-state index contributed by atoms with van der Waals surface area (Å²) in [6, 6.07) is 19.9. The summed E-state index contributed by atoms with van der Waals surface area (Å²) in [5.74, 6) is -0.344. The molecule has 168 valence electrons. The lowest BCUT2D eigenvalue weighted by Gasteiger charge is -2.25. The Kier molecular flexibility index (Phi) is 6.60. The first-order valence-electron chi connectivity index (χ1n) is 10.2. The van der Waals surface area contributed by atoms with Crippen molar-refractivity contribution in [1.29, 1.82) is 0 Å². The van der Waals surface area contributed by atoms with Gasteiger partial charge in [-0.15, -0.1) is 0 Å². The van der Waals surface area contributed by atoms with Crippen LogP contribution in [0.25, 0.3) is 0 Å². The summed E-state index contributed by atoms with van der Waals surface area (Å²) >= 11 is 5.84. The molecule has 1 heterocycles. The van der Waals surface area contributed by atoms with Crippen LogP contribution in [0.5, 0.6) is 5.75 Å². The maximum absolute atomic E-state index is 12.8. The van der Waals surface area contributed by atoms with Crippen molar-refractivity contribution >= 4 is 35.3 Å². The number of carbonyl (C=O) groups is 3. The Morgan fingerprint density at radius 2 is 1.73 bits per heavy atom. The third-order valence-electron chi connectivity index (χ3n) is 5.35. The minimum absolute atomic E-state index is 0.195. The Morgan fingerprint density at radius 1 is 1.03 bits per heavy atom. The molecule has 0 aromatic heterocycles. The van der Waals surface area contributed by atoms with E-state index in [4.69, 9.17) is 21.1 Å². The van der Waals surface area contributed by atoms with Gasteiger partial charge < -0.3 is 14.4 Å². The van der Waals surface area contributed by atoms with Crippen LogP contribution in [0.1, 0.15) is 21.5 Å². The van der Waals surface area contributed by atoms with Crippen LogP contribution in [0.15, 0.2) is 72.8 Å². The van der Waals surface area contributed by atoms with Gasteiger partial charge in [-0.05, 0) is 53.6 Å². The predicted molar refractivity (Wildman–Crippen MR) is 123 cm³/mol. The third kappa shape index (κ3) is 5.15. The molecule has 8 heteroatoms. The Balaban J connectivity index is 1.42. The molecule has 1 aliphatic rings. The van der Waals surface area contributed by atoms with E-state index in [0.29, 0.717) is 28.6 Å². The molecule has 4 rings (SSSR count). The first-order chi connectivity index (χ1) is 15.9. The summed E-state index contributed by atoms with van der Waals surface area (Å²) in [5, 5.41) is 3.18. The molecule has 3 aromatic carbocycles. The first-order valence-corrected chi connectivity index (χ1v) is 10.6. The molecule has 1 unspecified atom stereocenters. The van der Waals surface area contributed by atoms with E-state index >= 15 is 0 Å². The Morgan fingerprint density at radius 3 is 2.39 bits per heavy atom. The fourth-order valence-corrected chi connectivity index (χ4v) is 3.81. The molecule has 0 fully saturated rings. The monoisotopic (exact) mass is 464 g/mol. The second-order valence-corrected chi connectivity index (χ2v) is 7.94. The zero-order chi connectivity index (χ0) is 23.4. The number of hydrogen-bond donors (Lipinski definition) is 1. The number of methoxy groups -OCH3 is 1. The number of ether oxygens (including phenoxy) is 2. The summed E-state index contributed by atoms with van der Waals surface area (Å²) < 4.78 is 10.3. The minimum Gasteiger partial charge on any atom is -0.467 e. The van der Waals surface area contributed by atoms with E-state index in [1.807, 2.05) is 12.1 Å². The summed E-state index contributed by atoms with van der Waals surface area (Å²) in [6.45, 7) is 0.348. The highest BCUT2D eigenvalue weighted by Crippen LogP contribution is 2.27. The van der Waals surface area contributed by atoms with Gasteiger partial charge in [0.15, 0.2) is 0 Å². The van der Waals surface area contributed by atoms with Crippen molar-refractivity contribution in [1.82, 2.24) is 4.90 Å². The molecule has 1 N–H and O–H groups in total. The van der Waals surface area contributed by atoms with Gasteiger partial charge in [-0.1, -0.05) is 41.9 Å². The van der Waals surface area contributed by atoms with Crippen molar-refractivity contribution in [2.75, 3.05) is 12.4 Å². The van der Waals surface area contributed by atoms with Gasteiger partial charge in [0.2, 0.25) is 0 Å². The second kappa shape index (κ2) is 9.75. The quantitative estimate of drug-likeness (QED) is 0.535.